The lowest BCUT2D eigenvalue weighted by molar-refractivity contribution is 0.450. The summed E-state index contributed by atoms with van der Waals surface area (Å²) in [5.41, 5.74) is 3.56. The van der Waals surface area contributed by atoms with Gasteiger partial charge in [-0.1, -0.05) is 6.58 Å². The molecule has 1 aromatic carbocycles. The van der Waals surface area contributed by atoms with Crippen molar-refractivity contribution in [3.05, 3.63) is 41.9 Å². The van der Waals surface area contributed by atoms with E-state index in [4.69, 9.17) is 9.68 Å². The van der Waals surface area contributed by atoms with Gasteiger partial charge in [-0.3, -0.25) is 0 Å². The van der Waals surface area contributed by atoms with Gasteiger partial charge in [0.25, 0.3) is 5.88 Å². The van der Waals surface area contributed by atoms with Gasteiger partial charge in [0.15, 0.2) is 0 Å². The van der Waals surface area contributed by atoms with Crippen LogP contribution in [0.2, 0.25) is 0 Å². The van der Waals surface area contributed by atoms with Gasteiger partial charge in [-0.05, 0) is 19.1 Å². The summed E-state index contributed by atoms with van der Waals surface area (Å²) in [6.45, 7) is 5.38. The summed E-state index contributed by atoms with van der Waals surface area (Å²) in [4.78, 5) is 3.94. The van der Waals surface area contributed by atoms with Crippen LogP contribution in [0.1, 0.15) is 24.1 Å². The second-order valence-electron chi connectivity index (χ2n) is 4.20. The number of hydrazone groups is 1. The molecule has 0 radical (unpaired) electrons. The first-order valence-electron chi connectivity index (χ1n) is 5.89. The number of anilines is 1. The standard InChI is InChI=1S/C14H12N4O3/c1-8(2)13-17-11(6-15)14(21-13)18-16-7-9-3-4-10(19)5-12(9)20/h3-5,7,18-20H,1H2,2H3/b16-7+. The van der Waals surface area contributed by atoms with E-state index >= 15 is 0 Å². The first-order valence-corrected chi connectivity index (χ1v) is 5.89. The van der Waals surface area contributed by atoms with Crippen LogP contribution in [0.25, 0.3) is 5.57 Å². The van der Waals surface area contributed by atoms with Gasteiger partial charge in [-0.25, -0.2) is 5.43 Å². The Bertz CT molecular complexity index is 756. The highest BCUT2D eigenvalue weighted by Crippen LogP contribution is 2.22. The Hall–Kier alpha value is -3.27. The topological polar surface area (TPSA) is 115 Å². The van der Waals surface area contributed by atoms with E-state index in [1.807, 2.05) is 6.07 Å². The smallest absolute Gasteiger partial charge is 0.252 e. The molecule has 2 rings (SSSR count). The van der Waals surface area contributed by atoms with E-state index < -0.39 is 0 Å². The lowest BCUT2D eigenvalue weighted by atomic mass is 10.2. The molecule has 0 aliphatic carbocycles. The average Bonchev–Trinajstić information content (AvgIpc) is 2.85. The Morgan fingerprint density at radius 2 is 2.29 bits per heavy atom. The van der Waals surface area contributed by atoms with Gasteiger partial charge in [0.1, 0.15) is 17.6 Å². The van der Waals surface area contributed by atoms with E-state index in [0.29, 0.717) is 11.1 Å². The molecule has 21 heavy (non-hydrogen) atoms. The molecule has 3 N–H and O–H groups in total. The molecule has 7 nitrogen and oxygen atoms in total. The zero-order valence-corrected chi connectivity index (χ0v) is 11.2. The molecular weight excluding hydrogens is 272 g/mol. The molecule has 0 saturated heterocycles. The van der Waals surface area contributed by atoms with Crippen LogP contribution in [-0.2, 0) is 0 Å². The highest BCUT2D eigenvalue weighted by Gasteiger charge is 2.12. The fourth-order valence-corrected chi connectivity index (χ4v) is 1.46. The van der Waals surface area contributed by atoms with Crippen LogP contribution in [0.4, 0.5) is 5.88 Å². The monoisotopic (exact) mass is 284 g/mol. The quantitative estimate of drug-likeness (QED) is 0.586. The Labute approximate surface area is 120 Å². The van der Waals surface area contributed by atoms with E-state index in [2.05, 4.69) is 22.1 Å². The molecule has 1 heterocycles. The molecule has 0 aliphatic rings. The molecular formula is C14H12N4O3. The van der Waals surface area contributed by atoms with Gasteiger partial charge in [-0.2, -0.15) is 15.3 Å². The van der Waals surface area contributed by atoms with Crippen LogP contribution in [0.15, 0.2) is 34.3 Å². The predicted molar refractivity (Wildman–Crippen MR) is 76.9 cm³/mol. The number of oxazole rings is 1. The Morgan fingerprint density at radius 3 is 2.90 bits per heavy atom. The predicted octanol–water partition coefficient (Wildman–Crippen LogP) is 2.44. The third kappa shape index (κ3) is 3.19. The number of aromatic hydroxyl groups is 2. The summed E-state index contributed by atoms with van der Waals surface area (Å²) in [7, 11) is 0. The number of nitriles is 1. The third-order valence-corrected chi connectivity index (χ3v) is 2.48. The molecule has 0 atom stereocenters. The average molecular weight is 284 g/mol. The van der Waals surface area contributed by atoms with Crippen LogP contribution in [0.3, 0.4) is 0 Å². The van der Waals surface area contributed by atoms with Gasteiger partial charge >= 0.3 is 0 Å². The van der Waals surface area contributed by atoms with Crippen molar-refractivity contribution in [2.24, 2.45) is 5.10 Å². The van der Waals surface area contributed by atoms with Crippen molar-refractivity contribution in [1.29, 1.82) is 5.26 Å². The summed E-state index contributed by atoms with van der Waals surface area (Å²) >= 11 is 0. The Balaban J connectivity index is 2.18. The van der Waals surface area contributed by atoms with Crippen molar-refractivity contribution in [3.63, 3.8) is 0 Å². The Kier molecular flexibility index (Phi) is 3.90. The maximum atomic E-state index is 9.59. The molecule has 106 valence electrons. The number of rotatable bonds is 4. The first-order chi connectivity index (χ1) is 10.0. The number of allylic oxidation sites excluding steroid dienone is 1. The molecule has 0 saturated carbocycles. The minimum Gasteiger partial charge on any atom is -0.508 e. The first kappa shape index (κ1) is 14.1. The molecule has 0 unspecified atom stereocenters. The highest BCUT2D eigenvalue weighted by molar-refractivity contribution is 5.84. The van der Waals surface area contributed by atoms with Crippen LogP contribution < -0.4 is 5.43 Å². The Morgan fingerprint density at radius 1 is 1.52 bits per heavy atom. The number of nitrogens with one attached hydrogen (secondary N) is 1. The zero-order valence-electron chi connectivity index (χ0n) is 11.2. The zero-order chi connectivity index (χ0) is 15.4. The van der Waals surface area contributed by atoms with E-state index in [0.717, 1.165) is 0 Å². The second kappa shape index (κ2) is 5.79. The maximum Gasteiger partial charge on any atom is 0.252 e. The van der Waals surface area contributed by atoms with E-state index in [-0.39, 0.29) is 29.0 Å². The van der Waals surface area contributed by atoms with Crippen LogP contribution in [-0.4, -0.2) is 21.4 Å². The fraction of sp³-hybridized carbons (Fsp3) is 0.0714. The van der Waals surface area contributed by atoms with Crippen molar-refractivity contribution in [1.82, 2.24) is 4.98 Å². The summed E-state index contributed by atoms with van der Waals surface area (Å²) in [6.07, 6.45) is 1.32. The molecule has 0 aliphatic heterocycles. The number of aromatic nitrogens is 1. The fourth-order valence-electron chi connectivity index (χ4n) is 1.46. The summed E-state index contributed by atoms with van der Waals surface area (Å²) in [6, 6.07) is 5.96. The number of hydrogen-bond donors (Lipinski definition) is 3. The van der Waals surface area contributed by atoms with Gasteiger partial charge in [0, 0.05) is 17.2 Å². The summed E-state index contributed by atoms with van der Waals surface area (Å²) in [5.74, 6) is 0.161. The molecule has 2 aromatic rings. The number of phenolic OH excluding ortho intramolecular Hbond substituents is 2. The van der Waals surface area contributed by atoms with Gasteiger partial charge in [0.2, 0.25) is 11.6 Å². The van der Waals surface area contributed by atoms with Crippen LogP contribution >= 0.6 is 0 Å². The van der Waals surface area contributed by atoms with Crippen LogP contribution in [0.5, 0.6) is 11.5 Å². The molecule has 0 amide bonds. The third-order valence-electron chi connectivity index (χ3n) is 2.48. The van der Waals surface area contributed by atoms with Gasteiger partial charge in [0.05, 0.1) is 6.21 Å². The molecule has 0 spiro atoms. The number of nitrogens with zero attached hydrogens (tertiary/aromatic N) is 3. The van der Waals surface area contributed by atoms with Crippen molar-refractivity contribution in [2.45, 2.75) is 6.92 Å². The lowest BCUT2D eigenvalue weighted by Crippen LogP contribution is -1.91. The molecule has 0 bridgehead atoms. The van der Waals surface area contributed by atoms with E-state index in [9.17, 15) is 10.2 Å². The summed E-state index contributed by atoms with van der Waals surface area (Å²) < 4.78 is 5.29. The van der Waals surface area contributed by atoms with E-state index in [1.165, 1.54) is 24.4 Å². The normalized spacial score (nSPS) is 10.5. The largest absolute Gasteiger partial charge is 0.508 e. The van der Waals surface area contributed by atoms with Crippen molar-refractivity contribution >= 4 is 17.7 Å². The second-order valence-corrected chi connectivity index (χ2v) is 4.20. The van der Waals surface area contributed by atoms with Crippen molar-refractivity contribution in [2.75, 3.05) is 5.43 Å². The summed E-state index contributed by atoms with van der Waals surface area (Å²) in [5, 5.41) is 31.6. The molecule has 1 aromatic heterocycles. The van der Waals surface area contributed by atoms with Gasteiger partial charge < -0.3 is 14.6 Å². The number of hydrogen-bond acceptors (Lipinski definition) is 7. The highest BCUT2D eigenvalue weighted by atomic mass is 16.4. The number of phenols is 2. The minimum absolute atomic E-state index is 0.0503. The molecule has 0 fully saturated rings. The van der Waals surface area contributed by atoms with E-state index in [1.54, 1.807) is 6.92 Å². The van der Waals surface area contributed by atoms with Crippen LogP contribution in [0, 0.1) is 11.3 Å². The minimum atomic E-state index is -0.124. The maximum absolute atomic E-state index is 9.59. The van der Waals surface area contributed by atoms with Gasteiger partial charge in [-0.15, -0.1) is 0 Å². The lowest BCUT2D eigenvalue weighted by Gasteiger charge is -1.99. The van der Waals surface area contributed by atoms with Crippen molar-refractivity contribution in [3.8, 4) is 17.6 Å². The number of benzene rings is 1. The van der Waals surface area contributed by atoms with Crippen molar-refractivity contribution < 1.29 is 14.6 Å². The molecule has 7 heteroatoms. The SMILES string of the molecule is C=C(C)c1nc(C#N)c(N/N=C/c2ccc(O)cc2O)o1.